The van der Waals surface area contributed by atoms with Gasteiger partial charge >= 0.3 is 0 Å². The SMILES string of the molecule is CN1CCN=C1c1ccc(C2(N)CCC2)cc1. The maximum Gasteiger partial charge on any atom is 0.130 e. The fourth-order valence-electron chi connectivity index (χ4n) is 2.64. The van der Waals surface area contributed by atoms with Gasteiger partial charge in [-0.15, -0.1) is 0 Å². The van der Waals surface area contributed by atoms with E-state index >= 15 is 0 Å². The molecule has 0 unspecified atom stereocenters. The second-order valence-corrected chi connectivity index (χ2v) is 5.21. The van der Waals surface area contributed by atoms with Crippen LogP contribution in [-0.4, -0.2) is 30.9 Å². The standard InChI is InChI=1S/C14H19N3/c1-17-10-9-16-13(17)11-3-5-12(6-4-11)14(15)7-2-8-14/h3-6H,2,7-10,15H2,1H3. The van der Waals surface area contributed by atoms with Crippen LogP contribution < -0.4 is 5.73 Å². The number of likely N-dealkylation sites (N-methyl/N-ethyl adjacent to an activating group) is 1. The summed E-state index contributed by atoms with van der Waals surface area (Å²) in [5.74, 6) is 1.11. The van der Waals surface area contributed by atoms with E-state index in [9.17, 15) is 0 Å². The number of aliphatic imine (C=N–C) groups is 1. The third kappa shape index (κ3) is 1.75. The lowest BCUT2D eigenvalue weighted by Crippen LogP contribution is -2.43. The number of hydrogen-bond donors (Lipinski definition) is 1. The van der Waals surface area contributed by atoms with Gasteiger partial charge in [0.25, 0.3) is 0 Å². The molecule has 1 aliphatic heterocycles. The van der Waals surface area contributed by atoms with Crippen LogP contribution in [0.3, 0.4) is 0 Å². The first-order chi connectivity index (χ1) is 8.19. The van der Waals surface area contributed by atoms with Gasteiger partial charge in [0.15, 0.2) is 0 Å². The number of nitrogens with two attached hydrogens (primary N) is 1. The van der Waals surface area contributed by atoms with Gasteiger partial charge in [-0.05, 0) is 24.8 Å². The van der Waals surface area contributed by atoms with Gasteiger partial charge < -0.3 is 10.6 Å². The number of rotatable bonds is 2. The molecule has 0 amide bonds. The van der Waals surface area contributed by atoms with Gasteiger partial charge in [0, 0.05) is 24.7 Å². The Labute approximate surface area is 102 Å². The molecule has 0 bridgehead atoms. The molecule has 0 spiro atoms. The summed E-state index contributed by atoms with van der Waals surface area (Å²) >= 11 is 0. The van der Waals surface area contributed by atoms with Crippen LogP contribution in [-0.2, 0) is 5.54 Å². The van der Waals surface area contributed by atoms with Crippen molar-refractivity contribution in [3.8, 4) is 0 Å². The van der Waals surface area contributed by atoms with Crippen LogP contribution in [0.2, 0.25) is 0 Å². The molecule has 0 atom stereocenters. The van der Waals surface area contributed by atoms with Crippen molar-refractivity contribution in [3.63, 3.8) is 0 Å². The van der Waals surface area contributed by atoms with E-state index in [0.29, 0.717) is 0 Å². The molecule has 0 radical (unpaired) electrons. The zero-order valence-electron chi connectivity index (χ0n) is 10.3. The average Bonchev–Trinajstić information content (AvgIpc) is 2.73. The van der Waals surface area contributed by atoms with E-state index in [1.54, 1.807) is 0 Å². The van der Waals surface area contributed by atoms with Crippen LogP contribution in [0.25, 0.3) is 0 Å². The first-order valence-corrected chi connectivity index (χ1v) is 6.34. The van der Waals surface area contributed by atoms with Gasteiger partial charge in [0.05, 0.1) is 6.54 Å². The number of amidine groups is 1. The molecule has 0 aromatic heterocycles. The van der Waals surface area contributed by atoms with Crippen molar-refractivity contribution in [2.45, 2.75) is 24.8 Å². The third-order valence-corrected chi connectivity index (χ3v) is 4.02. The molecule has 17 heavy (non-hydrogen) atoms. The molecule has 0 saturated heterocycles. The molecular weight excluding hydrogens is 210 g/mol. The minimum Gasteiger partial charge on any atom is -0.358 e. The topological polar surface area (TPSA) is 41.6 Å². The Hall–Kier alpha value is -1.35. The van der Waals surface area contributed by atoms with Crippen LogP contribution in [0, 0.1) is 0 Å². The highest BCUT2D eigenvalue weighted by Crippen LogP contribution is 2.38. The molecule has 3 nitrogen and oxygen atoms in total. The fourth-order valence-corrected chi connectivity index (χ4v) is 2.64. The lowest BCUT2D eigenvalue weighted by Gasteiger charge is -2.38. The van der Waals surface area contributed by atoms with Gasteiger partial charge in [-0.25, -0.2) is 0 Å². The van der Waals surface area contributed by atoms with Crippen molar-refractivity contribution in [3.05, 3.63) is 35.4 Å². The highest BCUT2D eigenvalue weighted by atomic mass is 15.2. The second kappa shape index (κ2) is 3.84. The first-order valence-electron chi connectivity index (χ1n) is 6.34. The van der Waals surface area contributed by atoms with Crippen molar-refractivity contribution in [1.29, 1.82) is 0 Å². The highest BCUT2D eigenvalue weighted by molar-refractivity contribution is 5.99. The van der Waals surface area contributed by atoms with Crippen molar-refractivity contribution in [2.75, 3.05) is 20.1 Å². The zero-order valence-corrected chi connectivity index (χ0v) is 10.3. The Bertz CT molecular complexity index is 443. The Morgan fingerprint density at radius 3 is 2.41 bits per heavy atom. The van der Waals surface area contributed by atoms with Crippen LogP contribution in [0.4, 0.5) is 0 Å². The van der Waals surface area contributed by atoms with Crippen LogP contribution in [0.15, 0.2) is 29.3 Å². The molecule has 1 heterocycles. The molecule has 1 aromatic carbocycles. The molecule has 3 heteroatoms. The van der Waals surface area contributed by atoms with Gasteiger partial charge in [0.1, 0.15) is 5.84 Å². The molecule has 3 rings (SSSR count). The molecule has 1 aliphatic carbocycles. The van der Waals surface area contributed by atoms with Crippen molar-refractivity contribution >= 4 is 5.84 Å². The Morgan fingerprint density at radius 2 is 1.94 bits per heavy atom. The molecule has 1 aromatic rings. The maximum absolute atomic E-state index is 6.31. The van der Waals surface area contributed by atoms with Gasteiger partial charge in [-0.1, -0.05) is 24.3 Å². The summed E-state index contributed by atoms with van der Waals surface area (Å²) in [5.41, 5.74) is 8.74. The van der Waals surface area contributed by atoms with E-state index in [1.807, 2.05) is 0 Å². The quantitative estimate of drug-likeness (QED) is 0.839. The number of hydrogen-bond acceptors (Lipinski definition) is 3. The van der Waals surface area contributed by atoms with E-state index in [2.05, 4.69) is 41.2 Å². The Balaban J connectivity index is 1.85. The minimum atomic E-state index is -0.0537. The summed E-state index contributed by atoms with van der Waals surface area (Å²) < 4.78 is 0. The third-order valence-electron chi connectivity index (χ3n) is 4.02. The lowest BCUT2D eigenvalue weighted by atomic mass is 9.73. The van der Waals surface area contributed by atoms with Crippen molar-refractivity contribution < 1.29 is 0 Å². The smallest absolute Gasteiger partial charge is 0.130 e. The van der Waals surface area contributed by atoms with E-state index in [1.165, 1.54) is 17.5 Å². The van der Waals surface area contributed by atoms with E-state index < -0.39 is 0 Å². The predicted molar refractivity (Wildman–Crippen MR) is 70.2 cm³/mol. The van der Waals surface area contributed by atoms with E-state index in [4.69, 9.17) is 5.73 Å². The largest absolute Gasteiger partial charge is 0.358 e. The fraction of sp³-hybridized carbons (Fsp3) is 0.500. The summed E-state index contributed by atoms with van der Waals surface area (Å²) in [6.45, 7) is 1.94. The summed E-state index contributed by atoms with van der Waals surface area (Å²) in [6, 6.07) is 8.65. The second-order valence-electron chi connectivity index (χ2n) is 5.21. The average molecular weight is 229 g/mol. The van der Waals surface area contributed by atoms with E-state index in [0.717, 1.165) is 31.8 Å². The van der Waals surface area contributed by atoms with Crippen LogP contribution in [0.5, 0.6) is 0 Å². The van der Waals surface area contributed by atoms with Gasteiger partial charge in [-0.2, -0.15) is 0 Å². The van der Waals surface area contributed by atoms with Gasteiger partial charge in [0.2, 0.25) is 0 Å². The summed E-state index contributed by atoms with van der Waals surface area (Å²) in [5, 5.41) is 0. The van der Waals surface area contributed by atoms with Crippen molar-refractivity contribution in [2.24, 2.45) is 10.7 Å². The van der Waals surface area contributed by atoms with Crippen molar-refractivity contribution in [1.82, 2.24) is 4.90 Å². The summed E-state index contributed by atoms with van der Waals surface area (Å²) in [4.78, 5) is 6.73. The zero-order chi connectivity index (χ0) is 11.9. The van der Waals surface area contributed by atoms with Crippen LogP contribution in [0.1, 0.15) is 30.4 Å². The normalized spacial score (nSPS) is 22.2. The molecule has 1 saturated carbocycles. The lowest BCUT2D eigenvalue weighted by molar-refractivity contribution is 0.253. The maximum atomic E-state index is 6.31. The molecule has 90 valence electrons. The van der Waals surface area contributed by atoms with E-state index in [-0.39, 0.29) is 5.54 Å². The molecule has 2 N–H and O–H groups in total. The Morgan fingerprint density at radius 1 is 1.24 bits per heavy atom. The van der Waals surface area contributed by atoms with Crippen LogP contribution >= 0.6 is 0 Å². The number of benzene rings is 1. The number of nitrogens with zero attached hydrogens (tertiary/aromatic N) is 2. The highest BCUT2D eigenvalue weighted by Gasteiger charge is 2.34. The molecule has 1 fully saturated rings. The Kier molecular flexibility index (Phi) is 2.44. The minimum absolute atomic E-state index is 0.0537. The monoisotopic (exact) mass is 229 g/mol. The first kappa shape index (κ1) is 10.8. The summed E-state index contributed by atoms with van der Waals surface area (Å²) in [6.07, 6.45) is 3.49. The predicted octanol–water partition coefficient (Wildman–Crippen LogP) is 1.72. The summed E-state index contributed by atoms with van der Waals surface area (Å²) in [7, 11) is 2.09. The molecule has 2 aliphatic rings. The van der Waals surface area contributed by atoms with Gasteiger partial charge in [-0.3, -0.25) is 4.99 Å². The molecular formula is C14H19N3.